The molecule has 2 aliphatic heterocycles. The quantitative estimate of drug-likeness (QED) is 0.867. The second-order valence-corrected chi connectivity index (χ2v) is 7.51. The van der Waals surface area contributed by atoms with E-state index in [9.17, 15) is 9.59 Å². The van der Waals surface area contributed by atoms with Crippen molar-refractivity contribution in [3.63, 3.8) is 0 Å². The molecule has 1 N–H and O–H groups in total. The Labute approximate surface area is 165 Å². The molecule has 2 saturated heterocycles. The summed E-state index contributed by atoms with van der Waals surface area (Å²) in [5.41, 5.74) is 2.76. The van der Waals surface area contributed by atoms with E-state index in [-0.39, 0.29) is 24.2 Å². The van der Waals surface area contributed by atoms with Crippen molar-refractivity contribution in [3.8, 4) is 0 Å². The molecule has 0 bridgehead atoms. The average Bonchev–Trinajstić information content (AvgIpc) is 3.39. The number of hydrogen-bond donors (Lipinski definition) is 1. The van der Waals surface area contributed by atoms with Gasteiger partial charge in [0.2, 0.25) is 11.8 Å². The average molecular weight is 378 g/mol. The van der Waals surface area contributed by atoms with Crippen LogP contribution in [0.25, 0.3) is 0 Å². The summed E-state index contributed by atoms with van der Waals surface area (Å²) in [5, 5.41) is 2.91. The lowest BCUT2D eigenvalue weighted by Gasteiger charge is -2.18. The Morgan fingerprint density at radius 3 is 2.54 bits per heavy atom. The maximum atomic E-state index is 12.7. The largest absolute Gasteiger partial charge is 0.357 e. The summed E-state index contributed by atoms with van der Waals surface area (Å²) in [5.74, 6) is 0.466. The van der Waals surface area contributed by atoms with Crippen molar-refractivity contribution in [2.24, 2.45) is 5.92 Å². The monoisotopic (exact) mass is 378 g/mol. The number of carbonyl (C=O) groups is 2. The predicted molar refractivity (Wildman–Crippen MR) is 111 cm³/mol. The molecule has 2 amide bonds. The minimum atomic E-state index is -0.350. The molecule has 6 heteroatoms. The minimum Gasteiger partial charge on any atom is -0.357 e. The van der Waals surface area contributed by atoms with Crippen molar-refractivity contribution in [2.45, 2.75) is 32.6 Å². The smallest absolute Gasteiger partial charge is 0.229 e. The van der Waals surface area contributed by atoms with Crippen LogP contribution in [0.2, 0.25) is 0 Å². The number of hydrogen-bond acceptors (Lipinski definition) is 4. The van der Waals surface area contributed by atoms with Crippen LogP contribution >= 0.6 is 0 Å². The highest BCUT2D eigenvalue weighted by atomic mass is 16.2. The highest BCUT2D eigenvalue weighted by Gasteiger charge is 2.35. The minimum absolute atomic E-state index is 0.00750. The van der Waals surface area contributed by atoms with Gasteiger partial charge in [-0.2, -0.15) is 0 Å². The zero-order valence-electron chi connectivity index (χ0n) is 16.2. The third-order valence-corrected chi connectivity index (χ3v) is 5.60. The van der Waals surface area contributed by atoms with Gasteiger partial charge in [-0.3, -0.25) is 9.59 Å². The number of aromatic nitrogens is 1. The second-order valence-electron chi connectivity index (χ2n) is 7.51. The topological polar surface area (TPSA) is 65.5 Å². The molecule has 2 aliphatic rings. The number of nitrogens with one attached hydrogen (secondary N) is 1. The van der Waals surface area contributed by atoms with Gasteiger partial charge in [-0.25, -0.2) is 4.98 Å². The van der Waals surface area contributed by atoms with Crippen LogP contribution in [0.4, 0.5) is 17.2 Å². The third-order valence-electron chi connectivity index (χ3n) is 5.60. The molecule has 6 nitrogen and oxygen atoms in total. The van der Waals surface area contributed by atoms with Crippen LogP contribution in [0.15, 0.2) is 42.6 Å². The van der Waals surface area contributed by atoms with Gasteiger partial charge >= 0.3 is 0 Å². The maximum Gasteiger partial charge on any atom is 0.229 e. The Balaban J connectivity index is 1.37. The van der Waals surface area contributed by atoms with Crippen LogP contribution in [0.3, 0.4) is 0 Å². The van der Waals surface area contributed by atoms with E-state index < -0.39 is 0 Å². The number of pyridine rings is 1. The van der Waals surface area contributed by atoms with Crippen LogP contribution in [0.1, 0.15) is 31.7 Å². The van der Waals surface area contributed by atoms with Gasteiger partial charge in [-0.05, 0) is 49.1 Å². The fraction of sp³-hybridized carbons (Fsp3) is 0.409. The molecule has 2 fully saturated rings. The van der Waals surface area contributed by atoms with Gasteiger partial charge in [0.25, 0.3) is 0 Å². The molecule has 2 aromatic rings. The first-order valence-corrected chi connectivity index (χ1v) is 10.0. The summed E-state index contributed by atoms with van der Waals surface area (Å²) in [6.07, 6.45) is 5.30. The van der Waals surface area contributed by atoms with Crippen LogP contribution in [0.5, 0.6) is 0 Å². The van der Waals surface area contributed by atoms with E-state index >= 15 is 0 Å². The van der Waals surface area contributed by atoms with Crippen molar-refractivity contribution >= 4 is 29.0 Å². The number of amides is 2. The predicted octanol–water partition coefficient (Wildman–Crippen LogP) is 3.24. The van der Waals surface area contributed by atoms with E-state index in [0.717, 1.165) is 31.0 Å². The van der Waals surface area contributed by atoms with E-state index in [4.69, 9.17) is 0 Å². The van der Waals surface area contributed by atoms with E-state index in [1.54, 1.807) is 11.1 Å². The van der Waals surface area contributed by atoms with Gasteiger partial charge in [0, 0.05) is 31.7 Å². The Bertz CT molecular complexity index is 842. The summed E-state index contributed by atoms with van der Waals surface area (Å²) in [7, 11) is 0. The molecule has 4 rings (SSSR count). The lowest BCUT2D eigenvalue weighted by Crippen LogP contribution is -2.28. The van der Waals surface area contributed by atoms with Gasteiger partial charge < -0.3 is 15.1 Å². The first kappa shape index (κ1) is 18.5. The van der Waals surface area contributed by atoms with Gasteiger partial charge in [0.1, 0.15) is 5.82 Å². The lowest BCUT2D eigenvalue weighted by atomic mass is 10.1. The highest BCUT2D eigenvalue weighted by molar-refractivity contribution is 6.03. The first-order chi connectivity index (χ1) is 13.6. The van der Waals surface area contributed by atoms with E-state index in [0.29, 0.717) is 12.2 Å². The number of rotatable bonds is 5. The molecule has 146 valence electrons. The molecular formula is C22H26N4O2. The fourth-order valence-electron chi connectivity index (χ4n) is 3.88. The molecule has 1 atom stereocenters. The first-order valence-electron chi connectivity index (χ1n) is 10.0. The summed E-state index contributed by atoms with van der Waals surface area (Å²) in [4.78, 5) is 33.5. The number of carbonyl (C=O) groups excluding carboxylic acids is 2. The summed E-state index contributed by atoms with van der Waals surface area (Å²) < 4.78 is 0. The van der Waals surface area contributed by atoms with Crippen molar-refractivity contribution in [2.75, 3.05) is 34.8 Å². The highest BCUT2D eigenvalue weighted by Crippen LogP contribution is 2.27. The van der Waals surface area contributed by atoms with Crippen molar-refractivity contribution in [1.82, 2.24) is 4.98 Å². The normalized spacial score (nSPS) is 19.3. The number of nitrogens with zero attached hydrogens (tertiary/aromatic N) is 3. The number of aryl methyl sites for hydroxylation is 1. The van der Waals surface area contributed by atoms with Gasteiger partial charge in [0.05, 0.1) is 17.8 Å². The van der Waals surface area contributed by atoms with Crippen LogP contribution in [-0.2, 0) is 16.0 Å². The molecule has 28 heavy (non-hydrogen) atoms. The zero-order chi connectivity index (χ0) is 19.5. The summed E-state index contributed by atoms with van der Waals surface area (Å²) in [6, 6.07) is 11.8. The zero-order valence-corrected chi connectivity index (χ0v) is 16.2. The van der Waals surface area contributed by atoms with Crippen LogP contribution < -0.4 is 15.1 Å². The molecule has 0 aliphatic carbocycles. The third kappa shape index (κ3) is 3.86. The molecule has 1 aromatic carbocycles. The second kappa shape index (κ2) is 8.00. The maximum absolute atomic E-state index is 12.7. The summed E-state index contributed by atoms with van der Waals surface area (Å²) in [6.45, 7) is 4.59. The van der Waals surface area contributed by atoms with E-state index in [1.807, 2.05) is 36.4 Å². The van der Waals surface area contributed by atoms with Crippen molar-refractivity contribution < 1.29 is 9.59 Å². The SMILES string of the molecule is CCc1ccc(N2CC(C(=O)Nc3ccc(N4CCCC4)nc3)CC2=O)cc1. The standard InChI is InChI=1S/C22H26N4O2/c1-2-16-5-8-19(9-6-16)26-15-17(13-21(26)27)22(28)24-18-7-10-20(23-14-18)25-11-3-4-12-25/h5-10,14,17H,2-4,11-13,15H2,1H3,(H,24,28). The molecular weight excluding hydrogens is 352 g/mol. The molecule has 1 unspecified atom stereocenters. The van der Waals surface area contributed by atoms with Crippen molar-refractivity contribution in [1.29, 1.82) is 0 Å². The molecule has 0 spiro atoms. The molecule has 0 radical (unpaired) electrons. The van der Waals surface area contributed by atoms with Crippen LogP contribution in [-0.4, -0.2) is 36.4 Å². The van der Waals surface area contributed by atoms with Crippen LogP contribution in [0, 0.1) is 5.92 Å². The summed E-state index contributed by atoms with van der Waals surface area (Å²) >= 11 is 0. The molecule has 3 heterocycles. The number of anilines is 3. The fourth-order valence-corrected chi connectivity index (χ4v) is 3.88. The van der Waals surface area contributed by atoms with Gasteiger partial charge in [-0.15, -0.1) is 0 Å². The Hall–Kier alpha value is -2.89. The lowest BCUT2D eigenvalue weighted by molar-refractivity contribution is -0.122. The van der Waals surface area contributed by atoms with Crippen molar-refractivity contribution in [3.05, 3.63) is 48.2 Å². The molecule has 0 saturated carbocycles. The van der Waals surface area contributed by atoms with E-state index in [1.165, 1.54) is 18.4 Å². The Morgan fingerprint density at radius 1 is 1.14 bits per heavy atom. The Morgan fingerprint density at radius 2 is 1.89 bits per heavy atom. The van der Waals surface area contributed by atoms with E-state index in [2.05, 4.69) is 22.1 Å². The molecule has 1 aromatic heterocycles. The Kier molecular flexibility index (Phi) is 5.28. The number of benzene rings is 1. The van der Waals surface area contributed by atoms with Gasteiger partial charge in [-0.1, -0.05) is 19.1 Å². The van der Waals surface area contributed by atoms with Gasteiger partial charge in [0.15, 0.2) is 0 Å².